The summed E-state index contributed by atoms with van der Waals surface area (Å²) in [5.41, 5.74) is 0. The summed E-state index contributed by atoms with van der Waals surface area (Å²) in [5, 5.41) is 13.3. The highest BCUT2D eigenvalue weighted by atomic mass is 32.2. The van der Waals surface area contributed by atoms with Gasteiger partial charge >= 0.3 is 0 Å². The van der Waals surface area contributed by atoms with Crippen LogP contribution in [-0.2, 0) is 9.84 Å². The maximum atomic E-state index is 11.5. The number of hydrogen-bond donors (Lipinski definition) is 2. The fraction of sp³-hybridized carbons (Fsp3) is 1.00. The minimum Gasteiger partial charge on any atom is -0.390 e. The van der Waals surface area contributed by atoms with E-state index in [0.29, 0.717) is 6.04 Å². The van der Waals surface area contributed by atoms with Gasteiger partial charge in [0.2, 0.25) is 0 Å². The molecule has 0 aromatic rings. The lowest BCUT2D eigenvalue weighted by atomic mass is 10.1. The van der Waals surface area contributed by atoms with Gasteiger partial charge < -0.3 is 10.4 Å². The molecule has 3 atom stereocenters. The van der Waals surface area contributed by atoms with Crippen molar-refractivity contribution in [1.82, 2.24) is 10.2 Å². The molecule has 0 amide bonds. The standard InChI is InChI=1S/C11H22N2O3S/c1-2-13(6-9-4-3-5-12-9)10-7-17(15,16)8-11(10)14/h9-12,14H,2-8H2,1H3. The third-order valence-electron chi connectivity index (χ3n) is 3.79. The van der Waals surface area contributed by atoms with Gasteiger partial charge in [-0.15, -0.1) is 0 Å². The Labute approximate surface area is 103 Å². The lowest BCUT2D eigenvalue weighted by Gasteiger charge is -2.31. The third-order valence-corrected chi connectivity index (χ3v) is 5.48. The molecule has 0 aromatic heterocycles. The molecule has 0 bridgehead atoms. The summed E-state index contributed by atoms with van der Waals surface area (Å²) < 4.78 is 23.0. The van der Waals surface area contributed by atoms with Gasteiger partial charge in [-0.05, 0) is 25.9 Å². The molecule has 3 unspecified atom stereocenters. The van der Waals surface area contributed by atoms with Gasteiger partial charge in [0, 0.05) is 12.6 Å². The molecule has 0 radical (unpaired) electrons. The zero-order valence-electron chi connectivity index (χ0n) is 10.3. The van der Waals surface area contributed by atoms with E-state index in [1.165, 1.54) is 6.42 Å². The number of hydrogen-bond acceptors (Lipinski definition) is 5. The molecule has 2 fully saturated rings. The van der Waals surface area contributed by atoms with Gasteiger partial charge in [0.25, 0.3) is 0 Å². The van der Waals surface area contributed by atoms with Crippen molar-refractivity contribution in [3.8, 4) is 0 Å². The average molecular weight is 262 g/mol. The maximum absolute atomic E-state index is 11.5. The van der Waals surface area contributed by atoms with Crippen LogP contribution in [-0.4, -0.2) is 67.8 Å². The van der Waals surface area contributed by atoms with Crippen molar-refractivity contribution in [1.29, 1.82) is 0 Å². The highest BCUT2D eigenvalue weighted by molar-refractivity contribution is 7.91. The molecule has 17 heavy (non-hydrogen) atoms. The normalized spacial score (nSPS) is 36.8. The molecular weight excluding hydrogens is 240 g/mol. The predicted molar refractivity (Wildman–Crippen MR) is 66.7 cm³/mol. The maximum Gasteiger partial charge on any atom is 0.154 e. The second-order valence-corrected chi connectivity index (χ2v) is 7.25. The summed E-state index contributed by atoms with van der Waals surface area (Å²) in [5.74, 6) is 0.0288. The molecule has 2 aliphatic rings. The minimum absolute atomic E-state index is 0.0771. The Morgan fingerprint density at radius 1 is 1.41 bits per heavy atom. The van der Waals surface area contributed by atoms with Crippen LogP contribution in [0.4, 0.5) is 0 Å². The van der Waals surface area contributed by atoms with Gasteiger partial charge in [-0.25, -0.2) is 8.42 Å². The van der Waals surface area contributed by atoms with Crippen molar-refractivity contribution in [2.45, 2.75) is 38.0 Å². The monoisotopic (exact) mass is 262 g/mol. The molecule has 0 saturated carbocycles. The van der Waals surface area contributed by atoms with Crippen LogP contribution in [0.5, 0.6) is 0 Å². The van der Waals surface area contributed by atoms with Crippen molar-refractivity contribution in [2.24, 2.45) is 0 Å². The number of nitrogens with one attached hydrogen (secondary N) is 1. The number of aliphatic hydroxyl groups excluding tert-OH is 1. The van der Waals surface area contributed by atoms with E-state index in [9.17, 15) is 13.5 Å². The number of nitrogens with zero attached hydrogens (tertiary/aromatic N) is 1. The molecule has 0 aromatic carbocycles. The Bertz CT molecular complexity index is 352. The molecule has 0 spiro atoms. The molecule has 100 valence electrons. The zero-order valence-corrected chi connectivity index (χ0v) is 11.1. The van der Waals surface area contributed by atoms with E-state index in [-0.39, 0.29) is 17.5 Å². The molecule has 2 saturated heterocycles. The van der Waals surface area contributed by atoms with Gasteiger partial charge in [0.1, 0.15) is 0 Å². The Hall–Kier alpha value is -0.170. The van der Waals surface area contributed by atoms with E-state index in [1.54, 1.807) is 0 Å². The first-order valence-electron chi connectivity index (χ1n) is 6.38. The second kappa shape index (κ2) is 5.22. The Balaban J connectivity index is 1.98. The first-order chi connectivity index (χ1) is 8.02. The largest absolute Gasteiger partial charge is 0.390 e. The SMILES string of the molecule is CCN(CC1CCCN1)C1CS(=O)(=O)CC1O. The molecule has 2 N–H and O–H groups in total. The van der Waals surface area contributed by atoms with Crippen LogP contribution >= 0.6 is 0 Å². The predicted octanol–water partition coefficient (Wildman–Crippen LogP) is -0.782. The Kier molecular flexibility index (Phi) is 4.07. The number of sulfone groups is 1. The highest BCUT2D eigenvalue weighted by Gasteiger charge is 2.40. The van der Waals surface area contributed by atoms with E-state index in [0.717, 1.165) is 26.1 Å². The van der Waals surface area contributed by atoms with Crippen LogP contribution in [0.1, 0.15) is 19.8 Å². The van der Waals surface area contributed by atoms with E-state index < -0.39 is 15.9 Å². The van der Waals surface area contributed by atoms with E-state index in [2.05, 4.69) is 10.2 Å². The van der Waals surface area contributed by atoms with Crippen molar-refractivity contribution in [3.63, 3.8) is 0 Å². The average Bonchev–Trinajstić information content (AvgIpc) is 2.82. The first-order valence-corrected chi connectivity index (χ1v) is 8.20. The van der Waals surface area contributed by atoms with Gasteiger partial charge in [-0.3, -0.25) is 4.90 Å². The first kappa shape index (κ1) is 13.3. The Morgan fingerprint density at radius 2 is 2.18 bits per heavy atom. The molecule has 2 rings (SSSR count). The van der Waals surface area contributed by atoms with Crippen LogP contribution < -0.4 is 5.32 Å². The van der Waals surface area contributed by atoms with Crippen LogP contribution in [0.15, 0.2) is 0 Å². The lowest BCUT2D eigenvalue weighted by molar-refractivity contribution is 0.0812. The van der Waals surface area contributed by atoms with Gasteiger partial charge in [-0.1, -0.05) is 6.92 Å². The number of rotatable bonds is 4. The second-order valence-electron chi connectivity index (χ2n) is 5.09. The number of likely N-dealkylation sites (N-methyl/N-ethyl adjacent to an activating group) is 1. The van der Waals surface area contributed by atoms with Gasteiger partial charge in [0.05, 0.1) is 23.7 Å². The molecule has 6 heteroatoms. The van der Waals surface area contributed by atoms with Crippen LogP contribution in [0.2, 0.25) is 0 Å². The summed E-state index contributed by atoms with van der Waals surface area (Å²) in [7, 11) is -3.05. The number of aliphatic hydroxyl groups is 1. The summed E-state index contributed by atoms with van der Waals surface area (Å²) in [4.78, 5) is 2.11. The molecular formula is C11H22N2O3S. The summed E-state index contributed by atoms with van der Waals surface area (Å²) >= 11 is 0. The van der Waals surface area contributed by atoms with Gasteiger partial charge in [-0.2, -0.15) is 0 Å². The van der Waals surface area contributed by atoms with Crippen LogP contribution in [0, 0.1) is 0 Å². The fourth-order valence-corrected chi connectivity index (χ4v) is 4.69. The molecule has 5 nitrogen and oxygen atoms in total. The topological polar surface area (TPSA) is 69.6 Å². The van der Waals surface area contributed by atoms with Crippen molar-refractivity contribution in [2.75, 3.05) is 31.1 Å². The molecule has 2 heterocycles. The van der Waals surface area contributed by atoms with Crippen molar-refractivity contribution in [3.05, 3.63) is 0 Å². The molecule has 0 aliphatic carbocycles. The van der Waals surface area contributed by atoms with E-state index in [4.69, 9.17) is 0 Å². The zero-order chi connectivity index (χ0) is 12.5. The van der Waals surface area contributed by atoms with E-state index in [1.807, 2.05) is 6.92 Å². The highest BCUT2D eigenvalue weighted by Crippen LogP contribution is 2.19. The smallest absolute Gasteiger partial charge is 0.154 e. The van der Waals surface area contributed by atoms with Crippen LogP contribution in [0.25, 0.3) is 0 Å². The van der Waals surface area contributed by atoms with Crippen LogP contribution in [0.3, 0.4) is 0 Å². The minimum atomic E-state index is -3.05. The van der Waals surface area contributed by atoms with Gasteiger partial charge in [0.15, 0.2) is 9.84 Å². The summed E-state index contributed by atoms with van der Waals surface area (Å²) in [6.07, 6.45) is 1.61. The lowest BCUT2D eigenvalue weighted by Crippen LogP contribution is -2.48. The summed E-state index contributed by atoms with van der Waals surface area (Å²) in [6, 6.07) is 0.234. The van der Waals surface area contributed by atoms with E-state index >= 15 is 0 Å². The molecule has 2 aliphatic heterocycles. The fourth-order valence-electron chi connectivity index (χ4n) is 2.85. The summed E-state index contributed by atoms with van der Waals surface area (Å²) in [6.45, 7) is 4.70. The quantitative estimate of drug-likeness (QED) is 0.695. The Morgan fingerprint density at radius 3 is 2.65 bits per heavy atom. The van der Waals surface area contributed by atoms with Crippen molar-refractivity contribution >= 4 is 9.84 Å². The third kappa shape index (κ3) is 3.19. The van der Waals surface area contributed by atoms with Crippen molar-refractivity contribution < 1.29 is 13.5 Å².